The predicted octanol–water partition coefficient (Wildman–Crippen LogP) is 3.54. The van der Waals surface area contributed by atoms with Crippen LogP contribution in [0.15, 0.2) is 34.7 Å². The van der Waals surface area contributed by atoms with Crippen LogP contribution in [0.5, 0.6) is 0 Å². The van der Waals surface area contributed by atoms with E-state index < -0.39 is 0 Å². The molecular formula is C16H19NO. The van der Waals surface area contributed by atoms with E-state index in [2.05, 4.69) is 42.6 Å². The number of benzene rings is 1. The molecule has 18 heavy (non-hydrogen) atoms. The van der Waals surface area contributed by atoms with Gasteiger partial charge in [-0.05, 0) is 55.1 Å². The Morgan fingerprint density at radius 2 is 2.00 bits per heavy atom. The summed E-state index contributed by atoms with van der Waals surface area (Å²) in [6.45, 7) is 3.88. The van der Waals surface area contributed by atoms with E-state index in [1.54, 1.807) is 0 Å². The van der Waals surface area contributed by atoms with Crippen LogP contribution in [0.4, 0.5) is 0 Å². The molecule has 0 unspecified atom stereocenters. The minimum Gasteiger partial charge on any atom is -0.460 e. The van der Waals surface area contributed by atoms with Crippen molar-refractivity contribution in [3.05, 3.63) is 47.2 Å². The lowest BCUT2D eigenvalue weighted by atomic mass is 10.1. The first-order chi connectivity index (χ1) is 8.86. The average Bonchev–Trinajstić information content (AvgIpc) is 3.04. The minimum atomic E-state index is 0.807. The molecule has 0 amide bonds. The monoisotopic (exact) mass is 241 g/mol. The number of rotatable bonds is 4. The van der Waals surface area contributed by atoms with Crippen molar-refractivity contribution in [3.63, 3.8) is 0 Å². The lowest BCUT2D eigenvalue weighted by Crippen LogP contribution is -2.10. The zero-order chi connectivity index (χ0) is 12.4. The van der Waals surface area contributed by atoms with Gasteiger partial charge in [-0.25, -0.2) is 0 Å². The molecule has 0 atom stereocenters. The van der Waals surface area contributed by atoms with Gasteiger partial charge in [0.25, 0.3) is 0 Å². The third-order valence-electron chi connectivity index (χ3n) is 3.59. The molecule has 1 aromatic heterocycles. The highest BCUT2D eigenvalue weighted by molar-refractivity contribution is 5.60. The van der Waals surface area contributed by atoms with Crippen LogP contribution in [0, 0.1) is 0 Å². The number of nitrogens with one attached hydrogen (secondary N) is 1. The molecule has 0 fully saturated rings. The van der Waals surface area contributed by atoms with Crippen molar-refractivity contribution in [2.75, 3.05) is 6.54 Å². The lowest BCUT2D eigenvalue weighted by molar-refractivity contribution is 0.498. The van der Waals surface area contributed by atoms with Crippen LogP contribution >= 0.6 is 0 Å². The van der Waals surface area contributed by atoms with Crippen LogP contribution in [0.25, 0.3) is 11.3 Å². The summed E-state index contributed by atoms with van der Waals surface area (Å²) in [5.74, 6) is 1.99. The van der Waals surface area contributed by atoms with Gasteiger partial charge < -0.3 is 9.73 Å². The molecule has 2 heteroatoms. The SMILES string of the molecule is CCNCc1ccc(-c2ccc3c(c2)CCC3)o1. The van der Waals surface area contributed by atoms with Gasteiger partial charge in [-0.2, -0.15) is 0 Å². The summed E-state index contributed by atoms with van der Waals surface area (Å²) < 4.78 is 5.87. The Hall–Kier alpha value is -1.54. The van der Waals surface area contributed by atoms with Gasteiger partial charge in [0.1, 0.15) is 11.5 Å². The van der Waals surface area contributed by atoms with Crippen molar-refractivity contribution in [2.45, 2.75) is 32.7 Å². The van der Waals surface area contributed by atoms with Crippen LogP contribution in [0.1, 0.15) is 30.2 Å². The van der Waals surface area contributed by atoms with Crippen molar-refractivity contribution < 1.29 is 4.42 Å². The molecule has 0 saturated carbocycles. The summed E-state index contributed by atoms with van der Waals surface area (Å²) in [4.78, 5) is 0. The second-order valence-corrected chi connectivity index (χ2v) is 4.88. The molecule has 0 radical (unpaired) electrons. The Labute approximate surface area is 108 Å². The van der Waals surface area contributed by atoms with E-state index >= 15 is 0 Å². The lowest BCUT2D eigenvalue weighted by Gasteiger charge is -2.02. The second-order valence-electron chi connectivity index (χ2n) is 4.88. The number of aryl methyl sites for hydroxylation is 2. The number of hydrogen-bond acceptors (Lipinski definition) is 2. The summed E-state index contributed by atoms with van der Waals surface area (Å²) in [6, 6.07) is 10.9. The van der Waals surface area contributed by atoms with Gasteiger partial charge in [0, 0.05) is 5.56 Å². The van der Waals surface area contributed by atoms with E-state index in [0.29, 0.717) is 0 Å². The van der Waals surface area contributed by atoms with Crippen LogP contribution in [0.2, 0.25) is 0 Å². The molecule has 0 spiro atoms. The third-order valence-corrected chi connectivity index (χ3v) is 3.59. The molecule has 1 heterocycles. The molecule has 0 bridgehead atoms. The molecule has 94 valence electrons. The smallest absolute Gasteiger partial charge is 0.134 e. The molecule has 2 aromatic rings. The maximum Gasteiger partial charge on any atom is 0.134 e. The first-order valence-electron chi connectivity index (χ1n) is 6.78. The van der Waals surface area contributed by atoms with Crippen LogP contribution < -0.4 is 5.32 Å². The average molecular weight is 241 g/mol. The van der Waals surface area contributed by atoms with Crippen LogP contribution in [-0.2, 0) is 19.4 Å². The summed E-state index contributed by atoms with van der Waals surface area (Å²) in [7, 11) is 0. The molecule has 2 nitrogen and oxygen atoms in total. The van der Waals surface area contributed by atoms with E-state index in [0.717, 1.165) is 24.6 Å². The Balaban J connectivity index is 1.83. The van der Waals surface area contributed by atoms with Crippen LogP contribution in [0.3, 0.4) is 0 Å². The quantitative estimate of drug-likeness (QED) is 0.885. The first-order valence-corrected chi connectivity index (χ1v) is 6.78. The van der Waals surface area contributed by atoms with Gasteiger partial charge in [-0.3, -0.25) is 0 Å². The van der Waals surface area contributed by atoms with Gasteiger partial charge in [-0.1, -0.05) is 19.1 Å². The fourth-order valence-electron chi connectivity index (χ4n) is 2.60. The van der Waals surface area contributed by atoms with E-state index in [-0.39, 0.29) is 0 Å². The molecule has 0 aliphatic heterocycles. The highest BCUT2D eigenvalue weighted by atomic mass is 16.3. The van der Waals surface area contributed by atoms with Gasteiger partial charge in [-0.15, -0.1) is 0 Å². The predicted molar refractivity (Wildman–Crippen MR) is 73.5 cm³/mol. The van der Waals surface area contributed by atoms with Gasteiger partial charge in [0.15, 0.2) is 0 Å². The largest absolute Gasteiger partial charge is 0.460 e. The number of hydrogen-bond donors (Lipinski definition) is 1. The second kappa shape index (κ2) is 4.99. The molecule has 0 saturated heterocycles. The Morgan fingerprint density at radius 3 is 2.89 bits per heavy atom. The van der Waals surface area contributed by atoms with E-state index in [9.17, 15) is 0 Å². The Morgan fingerprint density at radius 1 is 1.11 bits per heavy atom. The normalized spacial score (nSPS) is 13.8. The number of fused-ring (bicyclic) bond motifs is 1. The van der Waals surface area contributed by atoms with E-state index in [4.69, 9.17) is 4.42 Å². The fraction of sp³-hybridized carbons (Fsp3) is 0.375. The third kappa shape index (κ3) is 2.21. The molecular weight excluding hydrogens is 222 g/mol. The topological polar surface area (TPSA) is 25.2 Å². The summed E-state index contributed by atoms with van der Waals surface area (Å²) in [5.41, 5.74) is 4.22. The zero-order valence-corrected chi connectivity index (χ0v) is 10.8. The van der Waals surface area contributed by atoms with Gasteiger partial charge >= 0.3 is 0 Å². The molecule has 1 aliphatic carbocycles. The molecule has 1 aromatic carbocycles. The summed E-state index contributed by atoms with van der Waals surface area (Å²) in [5, 5.41) is 3.28. The zero-order valence-electron chi connectivity index (χ0n) is 10.8. The maximum absolute atomic E-state index is 5.87. The highest BCUT2D eigenvalue weighted by Crippen LogP contribution is 2.29. The molecule has 1 aliphatic rings. The van der Waals surface area contributed by atoms with Gasteiger partial charge in [0.2, 0.25) is 0 Å². The van der Waals surface area contributed by atoms with Crippen molar-refractivity contribution in [1.29, 1.82) is 0 Å². The molecule has 3 rings (SSSR count). The van der Waals surface area contributed by atoms with E-state index in [1.165, 1.54) is 36.0 Å². The highest BCUT2D eigenvalue weighted by Gasteiger charge is 2.12. The van der Waals surface area contributed by atoms with Crippen molar-refractivity contribution in [2.24, 2.45) is 0 Å². The fourth-order valence-corrected chi connectivity index (χ4v) is 2.60. The van der Waals surface area contributed by atoms with Crippen molar-refractivity contribution in [1.82, 2.24) is 5.32 Å². The van der Waals surface area contributed by atoms with Gasteiger partial charge in [0.05, 0.1) is 6.54 Å². The summed E-state index contributed by atoms with van der Waals surface area (Å²) in [6.07, 6.45) is 3.75. The van der Waals surface area contributed by atoms with Crippen molar-refractivity contribution in [3.8, 4) is 11.3 Å². The standard InChI is InChI=1S/C16H19NO/c1-2-17-11-15-8-9-16(18-15)14-7-6-12-4-3-5-13(12)10-14/h6-10,17H,2-5,11H2,1H3. The first kappa shape index (κ1) is 11.5. The Bertz CT molecular complexity index is 542. The maximum atomic E-state index is 5.87. The summed E-state index contributed by atoms with van der Waals surface area (Å²) >= 11 is 0. The Kier molecular flexibility index (Phi) is 3.20. The van der Waals surface area contributed by atoms with Crippen molar-refractivity contribution >= 4 is 0 Å². The minimum absolute atomic E-state index is 0.807. The van der Waals surface area contributed by atoms with E-state index in [1.807, 2.05) is 0 Å². The van der Waals surface area contributed by atoms with Crippen LogP contribution in [-0.4, -0.2) is 6.54 Å². The number of furan rings is 1. The molecule has 1 N–H and O–H groups in total.